The Kier molecular flexibility index (Phi) is 5.40. The van der Waals surface area contributed by atoms with Crippen LogP contribution in [0.1, 0.15) is 45.6 Å². The molecular weight excluding hydrogens is 260 g/mol. The number of amides is 1. The summed E-state index contributed by atoms with van der Waals surface area (Å²) < 4.78 is 0. The standard InChI is InChI=1S/C18H28N2O/c1-13(2)11-17(19)18(21)20(14(3)16-9-10-16)12-15-7-5-4-6-8-15/h4-8,13-14,16-17H,9-12,19H2,1-3H3. The number of carbonyl (C=O) groups is 1. The third-order valence-corrected chi connectivity index (χ3v) is 4.32. The van der Waals surface area contributed by atoms with Gasteiger partial charge in [0.1, 0.15) is 0 Å². The number of hydrogen-bond donors (Lipinski definition) is 1. The van der Waals surface area contributed by atoms with E-state index in [9.17, 15) is 4.79 Å². The van der Waals surface area contributed by atoms with Crippen molar-refractivity contribution in [2.75, 3.05) is 0 Å². The van der Waals surface area contributed by atoms with Crippen molar-refractivity contribution in [3.8, 4) is 0 Å². The van der Waals surface area contributed by atoms with Crippen LogP contribution in [0.3, 0.4) is 0 Å². The normalized spacial score (nSPS) is 17.6. The quantitative estimate of drug-likeness (QED) is 0.837. The average molecular weight is 288 g/mol. The van der Waals surface area contributed by atoms with Crippen molar-refractivity contribution < 1.29 is 4.79 Å². The van der Waals surface area contributed by atoms with Gasteiger partial charge in [-0.1, -0.05) is 44.2 Å². The Labute approximate surface area is 128 Å². The van der Waals surface area contributed by atoms with Crippen LogP contribution in [0.2, 0.25) is 0 Å². The van der Waals surface area contributed by atoms with Crippen molar-refractivity contribution in [1.29, 1.82) is 0 Å². The van der Waals surface area contributed by atoms with E-state index in [1.165, 1.54) is 18.4 Å². The molecule has 21 heavy (non-hydrogen) atoms. The first-order valence-corrected chi connectivity index (χ1v) is 8.09. The molecule has 1 fully saturated rings. The lowest BCUT2D eigenvalue weighted by Crippen LogP contribution is -2.48. The molecule has 2 atom stereocenters. The first-order chi connectivity index (χ1) is 9.99. The van der Waals surface area contributed by atoms with Crippen LogP contribution in [-0.4, -0.2) is 22.9 Å². The van der Waals surface area contributed by atoms with Crippen LogP contribution in [0.5, 0.6) is 0 Å². The summed E-state index contributed by atoms with van der Waals surface area (Å²) in [6.45, 7) is 7.06. The second-order valence-corrected chi connectivity index (χ2v) is 6.77. The number of nitrogens with two attached hydrogens (primary N) is 1. The highest BCUT2D eigenvalue weighted by Gasteiger charge is 2.35. The lowest BCUT2D eigenvalue weighted by Gasteiger charge is -2.32. The van der Waals surface area contributed by atoms with E-state index in [0.717, 1.165) is 6.42 Å². The van der Waals surface area contributed by atoms with E-state index in [0.29, 0.717) is 18.4 Å². The van der Waals surface area contributed by atoms with Gasteiger partial charge in [-0.2, -0.15) is 0 Å². The van der Waals surface area contributed by atoms with Crippen LogP contribution in [0.25, 0.3) is 0 Å². The highest BCUT2D eigenvalue weighted by molar-refractivity contribution is 5.82. The summed E-state index contributed by atoms with van der Waals surface area (Å²) >= 11 is 0. The molecule has 3 heteroatoms. The summed E-state index contributed by atoms with van der Waals surface area (Å²) in [5, 5.41) is 0. The maximum Gasteiger partial charge on any atom is 0.240 e. The number of carbonyl (C=O) groups excluding carboxylic acids is 1. The fourth-order valence-electron chi connectivity index (χ4n) is 2.86. The molecular formula is C18H28N2O. The molecule has 0 radical (unpaired) electrons. The minimum Gasteiger partial charge on any atom is -0.334 e. The minimum absolute atomic E-state index is 0.104. The molecule has 3 nitrogen and oxygen atoms in total. The Bertz CT molecular complexity index is 454. The second-order valence-electron chi connectivity index (χ2n) is 6.77. The monoisotopic (exact) mass is 288 g/mol. The largest absolute Gasteiger partial charge is 0.334 e. The van der Waals surface area contributed by atoms with Crippen LogP contribution >= 0.6 is 0 Å². The fourth-order valence-corrected chi connectivity index (χ4v) is 2.86. The summed E-state index contributed by atoms with van der Waals surface area (Å²) in [5.74, 6) is 1.20. The SMILES string of the molecule is CC(C)CC(N)C(=O)N(Cc1ccccc1)C(C)C1CC1. The molecule has 1 aliphatic carbocycles. The highest BCUT2D eigenvalue weighted by atomic mass is 16.2. The Morgan fingerprint density at radius 3 is 2.38 bits per heavy atom. The third-order valence-electron chi connectivity index (χ3n) is 4.32. The van der Waals surface area contributed by atoms with E-state index < -0.39 is 0 Å². The Morgan fingerprint density at radius 1 is 1.24 bits per heavy atom. The van der Waals surface area contributed by atoms with Crippen LogP contribution in [0.15, 0.2) is 30.3 Å². The molecule has 0 aliphatic heterocycles. The lowest BCUT2D eigenvalue weighted by atomic mass is 10.0. The van der Waals surface area contributed by atoms with Crippen molar-refractivity contribution in [2.45, 2.75) is 58.7 Å². The average Bonchev–Trinajstić information content (AvgIpc) is 3.28. The van der Waals surface area contributed by atoms with Crippen LogP contribution in [-0.2, 0) is 11.3 Å². The maximum absolute atomic E-state index is 12.8. The van der Waals surface area contributed by atoms with Crippen molar-refractivity contribution in [3.63, 3.8) is 0 Å². The van der Waals surface area contributed by atoms with Gasteiger partial charge in [-0.15, -0.1) is 0 Å². The highest BCUT2D eigenvalue weighted by Crippen LogP contribution is 2.36. The summed E-state index contributed by atoms with van der Waals surface area (Å²) in [6.07, 6.45) is 3.22. The number of rotatable bonds is 7. The van der Waals surface area contributed by atoms with Crippen LogP contribution < -0.4 is 5.73 Å². The molecule has 1 amide bonds. The van der Waals surface area contributed by atoms with Gasteiger partial charge in [0.25, 0.3) is 0 Å². The number of benzene rings is 1. The lowest BCUT2D eigenvalue weighted by molar-refractivity contribution is -0.136. The molecule has 116 valence electrons. The molecule has 1 saturated carbocycles. The molecule has 0 spiro atoms. The Hall–Kier alpha value is -1.35. The molecule has 1 aromatic carbocycles. The van der Waals surface area contributed by atoms with Crippen molar-refractivity contribution >= 4 is 5.91 Å². The van der Waals surface area contributed by atoms with Gasteiger partial charge >= 0.3 is 0 Å². The first-order valence-electron chi connectivity index (χ1n) is 8.09. The van der Waals surface area contributed by atoms with Gasteiger partial charge in [0.15, 0.2) is 0 Å². The van der Waals surface area contributed by atoms with E-state index >= 15 is 0 Å². The molecule has 2 N–H and O–H groups in total. The fraction of sp³-hybridized carbons (Fsp3) is 0.611. The smallest absolute Gasteiger partial charge is 0.240 e. The van der Waals surface area contributed by atoms with Gasteiger partial charge in [0.2, 0.25) is 5.91 Å². The van der Waals surface area contributed by atoms with Crippen molar-refractivity contribution in [3.05, 3.63) is 35.9 Å². The molecule has 0 aromatic heterocycles. The molecule has 0 bridgehead atoms. The van der Waals surface area contributed by atoms with E-state index in [-0.39, 0.29) is 18.0 Å². The minimum atomic E-state index is -0.380. The van der Waals surface area contributed by atoms with E-state index in [4.69, 9.17) is 5.73 Å². The topological polar surface area (TPSA) is 46.3 Å². The first kappa shape index (κ1) is 16.0. The zero-order valence-corrected chi connectivity index (χ0v) is 13.5. The van der Waals surface area contributed by atoms with E-state index in [2.05, 4.69) is 32.9 Å². The summed E-state index contributed by atoms with van der Waals surface area (Å²) in [7, 11) is 0. The van der Waals surface area contributed by atoms with Crippen molar-refractivity contribution in [2.24, 2.45) is 17.6 Å². The van der Waals surface area contributed by atoms with Gasteiger partial charge in [-0.3, -0.25) is 4.79 Å². The molecule has 0 saturated heterocycles. The van der Waals surface area contributed by atoms with Gasteiger partial charge in [0.05, 0.1) is 6.04 Å². The zero-order chi connectivity index (χ0) is 15.4. The van der Waals surface area contributed by atoms with Crippen molar-refractivity contribution in [1.82, 2.24) is 4.90 Å². The molecule has 0 heterocycles. The number of nitrogens with zero attached hydrogens (tertiary/aromatic N) is 1. The van der Waals surface area contributed by atoms with Gasteiger partial charge < -0.3 is 10.6 Å². The summed E-state index contributed by atoms with van der Waals surface area (Å²) in [4.78, 5) is 14.8. The number of hydrogen-bond acceptors (Lipinski definition) is 2. The molecule has 2 rings (SSSR count). The predicted molar refractivity (Wildman–Crippen MR) is 86.6 cm³/mol. The summed E-state index contributed by atoms with van der Waals surface area (Å²) in [5.41, 5.74) is 7.32. The van der Waals surface area contributed by atoms with Gasteiger partial charge in [-0.25, -0.2) is 0 Å². The predicted octanol–water partition coefficient (Wildman–Crippen LogP) is 3.19. The molecule has 2 unspecified atom stereocenters. The van der Waals surface area contributed by atoms with E-state index in [1.807, 2.05) is 23.1 Å². The second kappa shape index (κ2) is 7.08. The van der Waals surface area contributed by atoms with Gasteiger partial charge in [-0.05, 0) is 43.6 Å². The zero-order valence-electron chi connectivity index (χ0n) is 13.5. The molecule has 1 aromatic rings. The van der Waals surface area contributed by atoms with Crippen LogP contribution in [0.4, 0.5) is 0 Å². The summed E-state index contributed by atoms with van der Waals surface area (Å²) in [6, 6.07) is 10.1. The Morgan fingerprint density at radius 2 is 1.86 bits per heavy atom. The van der Waals surface area contributed by atoms with Gasteiger partial charge in [0, 0.05) is 12.6 Å². The molecule has 1 aliphatic rings. The maximum atomic E-state index is 12.8. The third kappa shape index (κ3) is 4.57. The van der Waals surface area contributed by atoms with E-state index in [1.54, 1.807) is 0 Å². The Balaban J connectivity index is 2.09. The van der Waals surface area contributed by atoms with Crippen LogP contribution in [0, 0.1) is 11.8 Å².